The van der Waals surface area contributed by atoms with E-state index in [4.69, 9.17) is 10.5 Å². The lowest BCUT2D eigenvalue weighted by Gasteiger charge is -2.23. The Hall–Kier alpha value is -3.49. The predicted molar refractivity (Wildman–Crippen MR) is 106 cm³/mol. The Morgan fingerprint density at radius 2 is 1.57 bits per heavy atom. The molecule has 30 heavy (non-hydrogen) atoms. The maximum absolute atomic E-state index is 12.6. The van der Waals surface area contributed by atoms with Gasteiger partial charge in [-0.3, -0.25) is 24.1 Å². The van der Waals surface area contributed by atoms with Gasteiger partial charge in [-0.05, 0) is 51.0 Å². The molecule has 1 aliphatic carbocycles. The van der Waals surface area contributed by atoms with E-state index in [2.05, 4.69) is 5.32 Å². The van der Waals surface area contributed by atoms with Crippen LogP contribution < -0.4 is 11.1 Å². The molecule has 4 amide bonds. The lowest BCUT2D eigenvalue weighted by atomic mass is 9.85. The van der Waals surface area contributed by atoms with Gasteiger partial charge in [-0.1, -0.05) is 12.2 Å². The van der Waals surface area contributed by atoms with Gasteiger partial charge < -0.3 is 15.8 Å². The molecule has 1 aromatic carbocycles. The molecule has 0 bridgehead atoms. The van der Waals surface area contributed by atoms with Crippen molar-refractivity contribution < 1.29 is 28.7 Å². The van der Waals surface area contributed by atoms with Crippen molar-refractivity contribution in [1.29, 1.82) is 0 Å². The Bertz CT molecular complexity index is 897. The molecule has 0 saturated carbocycles. The van der Waals surface area contributed by atoms with E-state index in [0.29, 0.717) is 18.5 Å². The number of amides is 4. The second-order valence-corrected chi connectivity index (χ2v) is 7.39. The molecule has 1 fully saturated rings. The molecule has 158 valence electrons. The highest BCUT2D eigenvalue weighted by Crippen LogP contribution is 2.36. The number of nitrogens with one attached hydrogen (secondary N) is 1. The van der Waals surface area contributed by atoms with Crippen LogP contribution in [0, 0.1) is 11.8 Å². The summed E-state index contributed by atoms with van der Waals surface area (Å²) in [6.45, 7) is 2.80. The third-order valence-electron chi connectivity index (χ3n) is 5.37. The Labute approximate surface area is 173 Å². The molecule has 3 rings (SSSR count). The molecule has 0 radical (unpaired) electrons. The standard InChI is InChI=1S/C21H23N3O6/c1-11(24-19(27)15-5-3-4-6-16(15)20(24)28)21(29)30-12(2)18(26)23-14-9-7-13(8-10-14)17(22)25/h3-4,7-12,15-16H,5-6H2,1-2H3,(H2,22,25)(H,23,26)/t11-,12+,15-,16-/m0/s1. The van der Waals surface area contributed by atoms with Crippen LogP contribution >= 0.6 is 0 Å². The van der Waals surface area contributed by atoms with Crippen molar-refractivity contribution in [3.05, 3.63) is 42.0 Å². The zero-order valence-corrected chi connectivity index (χ0v) is 16.7. The molecule has 0 aromatic heterocycles. The van der Waals surface area contributed by atoms with E-state index in [-0.39, 0.29) is 17.4 Å². The number of carbonyl (C=O) groups is 5. The third kappa shape index (κ3) is 4.10. The van der Waals surface area contributed by atoms with E-state index < -0.39 is 41.8 Å². The molecule has 1 heterocycles. The molecule has 4 atom stereocenters. The van der Waals surface area contributed by atoms with Crippen molar-refractivity contribution in [3.8, 4) is 0 Å². The van der Waals surface area contributed by atoms with Gasteiger partial charge in [0.1, 0.15) is 6.04 Å². The van der Waals surface area contributed by atoms with Gasteiger partial charge >= 0.3 is 5.97 Å². The summed E-state index contributed by atoms with van der Waals surface area (Å²) >= 11 is 0. The van der Waals surface area contributed by atoms with Gasteiger partial charge in [0.25, 0.3) is 5.91 Å². The Morgan fingerprint density at radius 3 is 2.07 bits per heavy atom. The van der Waals surface area contributed by atoms with Crippen LogP contribution in [0.5, 0.6) is 0 Å². The lowest BCUT2D eigenvalue weighted by molar-refractivity contribution is -0.163. The van der Waals surface area contributed by atoms with Crippen LogP contribution in [0.3, 0.4) is 0 Å². The highest BCUT2D eigenvalue weighted by Gasteiger charge is 2.50. The van der Waals surface area contributed by atoms with E-state index in [1.165, 1.54) is 38.1 Å². The van der Waals surface area contributed by atoms with Crippen molar-refractivity contribution in [1.82, 2.24) is 4.90 Å². The summed E-state index contributed by atoms with van der Waals surface area (Å²) in [5, 5.41) is 2.56. The Kier molecular flexibility index (Phi) is 6.00. The van der Waals surface area contributed by atoms with Crippen LogP contribution in [-0.2, 0) is 23.9 Å². The van der Waals surface area contributed by atoms with Crippen LogP contribution in [0.4, 0.5) is 5.69 Å². The number of nitrogens with zero attached hydrogens (tertiary/aromatic N) is 1. The number of hydrogen-bond acceptors (Lipinski definition) is 6. The zero-order valence-electron chi connectivity index (χ0n) is 16.7. The fourth-order valence-electron chi connectivity index (χ4n) is 3.60. The quantitative estimate of drug-likeness (QED) is 0.406. The minimum atomic E-state index is -1.16. The normalized spacial score (nSPS) is 22.3. The minimum absolute atomic E-state index is 0.289. The number of likely N-dealkylation sites (tertiary alicyclic amines) is 1. The molecule has 3 N–H and O–H groups in total. The van der Waals surface area contributed by atoms with Crippen LogP contribution in [0.25, 0.3) is 0 Å². The van der Waals surface area contributed by atoms with Crippen molar-refractivity contribution in [3.63, 3.8) is 0 Å². The molecular weight excluding hydrogens is 390 g/mol. The highest BCUT2D eigenvalue weighted by molar-refractivity contribution is 6.08. The topological polar surface area (TPSA) is 136 Å². The van der Waals surface area contributed by atoms with Gasteiger partial charge in [-0.2, -0.15) is 0 Å². The fourth-order valence-corrected chi connectivity index (χ4v) is 3.60. The van der Waals surface area contributed by atoms with E-state index >= 15 is 0 Å². The molecule has 0 spiro atoms. The number of carbonyl (C=O) groups excluding carboxylic acids is 5. The van der Waals surface area contributed by atoms with Gasteiger partial charge in [-0.15, -0.1) is 0 Å². The monoisotopic (exact) mass is 413 g/mol. The summed E-state index contributed by atoms with van der Waals surface area (Å²) in [6.07, 6.45) is 3.51. The average molecular weight is 413 g/mol. The second kappa shape index (κ2) is 8.48. The number of fused-ring (bicyclic) bond motifs is 1. The second-order valence-electron chi connectivity index (χ2n) is 7.39. The number of allylic oxidation sites excluding steroid dienone is 2. The molecule has 9 nitrogen and oxygen atoms in total. The molecule has 0 unspecified atom stereocenters. The SMILES string of the molecule is C[C@@H](OC(=O)[C@H](C)N1C(=O)[C@H]2CC=CC[C@@H]2C1=O)C(=O)Nc1ccc(C(N)=O)cc1. The highest BCUT2D eigenvalue weighted by atomic mass is 16.5. The molecule has 2 aliphatic rings. The number of hydrogen-bond donors (Lipinski definition) is 2. The maximum Gasteiger partial charge on any atom is 0.329 e. The maximum atomic E-state index is 12.6. The average Bonchev–Trinajstić information content (AvgIpc) is 2.98. The van der Waals surface area contributed by atoms with Crippen LogP contribution in [0.2, 0.25) is 0 Å². The van der Waals surface area contributed by atoms with Gasteiger partial charge in [-0.25, -0.2) is 4.79 Å². The van der Waals surface area contributed by atoms with E-state index in [0.717, 1.165) is 4.90 Å². The summed E-state index contributed by atoms with van der Waals surface area (Å²) in [5.41, 5.74) is 5.85. The lowest BCUT2D eigenvalue weighted by Crippen LogP contribution is -2.46. The Morgan fingerprint density at radius 1 is 1.03 bits per heavy atom. The smallest absolute Gasteiger partial charge is 0.329 e. The first-order valence-corrected chi connectivity index (χ1v) is 9.63. The summed E-state index contributed by atoms with van der Waals surface area (Å²) in [4.78, 5) is 62.0. The zero-order chi connectivity index (χ0) is 22.0. The first-order valence-electron chi connectivity index (χ1n) is 9.63. The number of imide groups is 1. The largest absolute Gasteiger partial charge is 0.451 e. The number of ether oxygens (including phenoxy) is 1. The number of benzene rings is 1. The van der Waals surface area contributed by atoms with E-state index in [1.54, 1.807) is 0 Å². The summed E-state index contributed by atoms with van der Waals surface area (Å²) in [7, 11) is 0. The number of nitrogens with two attached hydrogens (primary N) is 1. The first kappa shape index (κ1) is 21.2. The van der Waals surface area contributed by atoms with Gasteiger partial charge in [0.2, 0.25) is 17.7 Å². The van der Waals surface area contributed by atoms with Crippen molar-refractivity contribution in [2.45, 2.75) is 38.8 Å². The number of anilines is 1. The molecular formula is C21H23N3O6. The first-order chi connectivity index (χ1) is 14.2. The van der Waals surface area contributed by atoms with Crippen LogP contribution in [0.1, 0.15) is 37.0 Å². The predicted octanol–water partition coefficient (Wildman–Crippen LogP) is 0.995. The molecule has 1 aromatic rings. The molecule has 1 aliphatic heterocycles. The third-order valence-corrected chi connectivity index (χ3v) is 5.37. The summed E-state index contributed by atoms with van der Waals surface area (Å²) in [5.74, 6) is -3.68. The van der Waals surface area contributed by atoms with Crippen molar-refractivity contribution in [2.24, 2.45) is 17.6 Å². The van der Waals surface area contributed by atoms with E-state index in [1.807, 2.05) is 12.2 Å². The number of rotatable bonds is 6. The van der Waals surface area contributed by atoms with Crippen molar-refractivity contribution in [2.75, 3.05) is 5.32 Å². The summed E-state index contributed by atoms with van der Waals surface area (Å²) < 4.78 is 5.18. The van der Waals surface area contributed by atoms with Crippen LogP contribution in [0.15, 0.2) is 36.4 Å². The number of esters is 1. The van der Waals surface area contributed by atoms with E-state index in [9.17, 15) is 24.0 Å². The van der Waals surface area contributed by atoms with Crippen LogP contribution in [-0.4, -0.2) is 46.6 Å². The molecule has 9 heteroatoms. The van der Waals surface area contributed by atoms with Gasteiger partial charge in [0.15, 0.2) is 6.10 Å². The molecule has 1 saturated heterocycles. The van der Waals surface area contributed by atoms with Gasteiger partial charge in [0, 0.05) is 11.3 Å². The number of primary amides is 1. The minimum Gasteiger partial charge on any atom is -0.451 e. The summed E-state index contributed by atoms with van der Waals surface area (Å²) in [6, 6.07) is 4.77. The Balaban J connectivity index is 1.59. The van der Waals surface area contributed by atoms with Crippen molar-refractivity contribution >= 4 is 35.3 Å². The van der Waals surface area contributed by atoms with Gasteiger partial charge in [0.05, 0.1) is 11.8 Å². The fraction of sp³-hybridized carbons (Fsp3) is 0.381.